The third kappa shape index (κ3) is 3.05. The lowest BCUT2D eigenvalue weighted by atomic mass is 9.84. The zero-order chi connectivity index (χ0) is 14.0. The summed E-state index contributed by atoms with van der Waals surface area (Å²) in [5.74, 6) is -0.00489. The number of carboxylic acid groups (broad SMARTS) is 1. The quantitative estimate of drug-likeness (QED) is 0.668. The van der Waals surface area contributed by atoms with Crippen molar-refractivity contribution >= 4 is 23.6 Å². The fraction of sp³-hybridized carbons (Fsp3) is 0.846. The van der Waals surface area contributed by atoms with Crippen LogP contribution >= 0.6 is 11.8 Å². The first kappa shape index (κ1) is 14.7. The van der Waals surface area contributed by atoms with Crippen molar-refractivity contribution in [3.63, 3.8) is 0 Å². The van der Waals surface area contributed by atoms with Gasteiger partial charge < -0.3 is 16.2 Å². The van der Waals surface area contributed by atoms with Crippen molar-refractivity contribution in [2.75, 3.05) is 12.0 Å². The molecule has 4 N–H and O–H groups in total. The summed E-state index contributed by atoms with van der Waals surface area (Å²) in [5, 5.41) is 12.2. The van der Waals surface area contributed by atoms with Crippen molar-refractivity contribution in [3.8, 4) is 0 Å². The van der Waals surface area contributed by atoms with Crippen LogP contribution in [0, 0.1) is 17.8 Å². The van der Waals surface area contributed by atoms with Crippen molar-refractivity contribution in [1.29, 1.82) is 0 Å². The zero-order valence-corrected chi connectivity index (χ0v) is 12.0. The maximum atomic E-state index is 12.0. The van der Waals surface area contributed by atoms with Gasteiger partial charge in [0.15, 0.2) is 0 Å². The summed E-state index contributed by atoms with van der Waals surface area (Å²) in [7, 11) is 0. The number of carboxylic acids is 1. The highest BCUT2D eigenvalue weighted by Gasteiger charge is 2.51. The highest BCUT2D eigenvalue weighted by Crippen LogP contribution is 2.48. The van der Waals surface area contributed by atoms with Gasteiger partial charge in [0.2, 0.25) is 5.91 Å². The molecule has 1 amide bonds. The summed E-state index contributed by atoms with van der Waals surface area (Å²) in [5.41, 5.74) is 5.83. The Morgan fingerprint density at radius 1 is 1.42 bits per heavy atom. The average molecular weight is 286 g/mol. The Hall–Kier alpha value is -0.750. The zero-order valence-electron chi connectivity index (χ0n) is 11.2. The second kappa shape index (κ2) is 6.13. The highest BCUT2D eigenvalue weighted by atomic mass is 32.2. The van der Waals surface area contributed by atoms with E-state index in [9.17, 15) is 14.7 Å². The van der Waals surface area contributed by atoms with Gasteiger partial charge >= 0.3 is 5.97 Å². The van der Waals surface area contributed by atoms with Crippen LogP contribution in [0.5, 0.6) is 0 Å². The largest absolute Gasteiger partial charge is 0.481 e. The van der Waals surface area contributed by atoms with Gasteiger partial charge in [-0.25, -0.2) is 0 Å². The molecule has 2 rings (SSSR count). The molecule has 0 aromatic heterocycles. The average Bonchev–Trinajstić information content (AvgIpc) is 2.96. The summed E-state index contributed by atoms with van der Waals surface area (Å²) in [4.78, 5) is 23.4. The molecule has 2 aliphatic rings. The van der Waals surface area contributed by atoms with E-state index in [1.807, 2.05) is 6.26 Å². The molecule has 108 valence electrons. The first-order valence-electron chi connectivity index (χ1n) is 6.82. The monoisotopic (exact) mass is 286 g/mol. The van der Waals surface area contributed by atoms with Crippen LogP contribution in [0.3, 0.4) is 0 Å². The molecule has 19 heavy (non-hydrogen) atoms. The second-order valence-corrected chi connectivity index (χ2v) is 6.61. The standard InChI is InChI=1S/C13H22N2O3S/c1-19-5-4-9(14)12(16)15-11-8-3-2-7(6-8)10(11)13(17)18/h7-11H,2-6,14H2,1H3,(H,15,16)(H,17,18)/t7?,8?,9-,10?,11?/m0/s1. The Kier molecular flexibility index (Phi) is 4.73. The van der Waals surface area contributed by atoms with Crippen molar-refractivity contribution in [1.82, 2.24) is 5.32 Å². The third-order valence-electron chi connectivity index (χ3n) is 4.48. The van der Waals surface area contributed by atoms with E-state index in [1.165, 1.54) is 0 Å². The molecule has 5 nitrogen and oxygen atoms in total. The van der Waals surface area contributed by atoms with Gasteiger partial charge in [-0.3, -0.25) is 9.59 Å². The Morgan fingerprint density at radius 3 is 2.74 bits per heavy atom. The lowest BCUT2D eigenvalue weighted by Crippen LogP contribution is -2.51. The summed E-state index contributed by atoms with van der Waals surface area (Å²) in [6, 6.07) is -0.745. The number of fused-ring (bicyclic) bond motifs is 2. The van der Waals surface area contributed by atoms with Crippen molar-refractivity contribution in [2.24, 2.45) is 23.5 Å². The number of carbonyl (C=O) groups is 2. The van der Waals surface area contributed by atoms with E-state index in [-0.39, 0.29) is 17.9 Å². The molecule has 0 saturated heterocycles. The van der Waals surface area contributed by atoms with E-state index in [1.54, 1.807) is 11.8 Å². The Labute approximate surface area is 117 Å². The number of nitrogens with two attached hydrogens (primary N) is 1. The fourth-order valence-corrected chi connectivity index (χ4v) is 3.99. The maximum absolute atomic E-state index is 12.0. The van der Waals surface area contributed by atoms with Crippen LogP contribution in [0.25, 0.3) is 0 Å². The number of hydrogen-bond acceptors (Lipinski definition) is 4. The maximum Gasteiger partial charge on any atom is 0.308 e. The SMILES string of the molecule is CSCC[C@H](N)C(=O)NC1C2CCC(C2)C1C(=O)O. The van der Waals surface area contributed by atoms with Gasteiger partial charge in [-0.05, 0) is 49.5 Å². The van der Waals surface area contributed by atoms with Crippen LogP contribution < -0.4 is 11.1 Å². The van der Waals surface area contributed by atoms with Crippen molar-refractivity contribution in [2.45, 2.75) is 37.8 Å². The number of rotatable bonds is 6. The molecule has 0 aliphatic heterocycles. The number of carbonyl (C=O) groups excluding carboxylic acids is 1. The van der Waals surface area contributed by atoms with Gasteiger partial charge in [-0.2, -0.15) is 11.8 Å². The smallest absolute Gasteiger partial charge is 0.308 e. The first-order chi connectivity index (χ1) is 9.04. The Morgan fingerprint density at radius 2 is 2.11 bits per heavy atom. The van der Waals surface area contributed by atoms with E-state index in [0.717, 1.165) is 25.0 Å². The normalized spacial score (nSPS) is 34.2. The molecule has 0 heterocycles. The minimum Gasteiger partial charge on any atom is -0.481 e. The molecule has 2 fully saturated rings. The first-order valence-corrected chi connectivity index (χ1v) is 8.21. The topological polar surface area (TPSA) is 92.4 Å². The van der Waals surface area contributed by atoms with Crippen molar-refractivity contribution < 1.29 is 14.7 Å². The lowest BCUT2D eigenvalue weighted by Gasteiger charge is -2.29. The number of aliphatic carboxylic acids is 1. The minimum atomic E-state index is -0.782. The molecule has 2 bridgehead atoms. The van der Waals surface area contributed by atoms with Crippen LogP contribution in [-0.2, 0) is 9.59 Å². The minimum absolute atomic E-state index is 0.196. The fourth-order valence-electron chi connectivity index (χ4n) is 3.50. The molecule has 2 aliphatic carbocycles. The summed E-state index contributed by atoms with van der Waals surface area (Å²) >= 11 is 1.65. The van der Waals surface area contributed by atoms with Crippen LogP contribution in [0.1, 0.15) is 25.7 Å². The van der Waals surface area contributed by atoms with E-state index < -0.39 is 17.9 Å². The molecule has 0 radical (unpaired) electrons. The van der Waals surface area contributed by atoms with Crippen molar-refractivity contribution in [3.05, 3.63) is 0 Å². The molecule has 6 heteroatoms. The summed E-state index contributed by atoms with van der Waals surface area (Å²) < 4.78 is 0. The van der Waals surface area contributed by atoms with Crippen LogP contribution in [-0.4, -0.2) is 41.1 Å². The van der Waals surface area contributed by atoms with Crippen LogP contribution in [0.15, 0.2) is 0 Å². The van der Waals surface area contributed by atoms with Crippen LogP contribution in [0.4, 0.5) is 0 Å². The lowest BCUT2D eigenvalue weighted by molar-refractivity contribution is -0.144. The Balaban J connectivity index is 1.94. The molecule has 2 saturated carbocycles. The van der Waals surface area contributed by atoms with E-state index >= 15 is 0 Å². The van der Waals surface area contributed by atoms with Gasteiger partial charge in [0, 0.05) is 6.04 Å². The highest BCUT2D eigenvalue weighted by molar-refractivity contribution is 7.98. The number of amides is 1. The predicted octanol–water partition coefficient (Wildman–Crippen LogP) is 0.682. The molecule has 4 unspecified atom stereocenters. The second-order valence-electron chi connectivity index (χ2n) is 5.62. The molecule has 0 aromatic carbocycles. The molecule has 0 spiro atoms. The van der Waals surface area contributed by atoms with Gasteiger partial charge in [-0.1, -0.05) is 0 Å². The summed E-state index contributed by atoms with van der Waals surface area (Å²) in [6.45, 7) is 0. The van der Waals surface area contributed by atoms with Crippen LogP contribution in [0.2, 0.25) is 0 Å². The third-order valence-corrected chi connectivity index (χ3v) is 5.12. The number of nitrogens with one attached hydrogen (secondary N) is 1. The predicted molar refractivity (Wildman–Crippen MR) is 74.9 cm³/mol. The summed E-state index contributed by atoms with van der Waals surface area (Å²) in [6.07, 6.45) is 5.54. The Bertz CT molecular complexity index is 364. The molecular weight excluding hydrogens is 264 g/mol. The van der Waals surface area contributed by atoms with Gasteiger partial charge in [0.05, 0.1) is 12.0 Å². The number of hydrogen-bond donors (Lipinski definition) is 3. The van der Waals surface area contributed by atoms with Gasteiger partial charge in [0.25, 0.3) is 0 Å². The van der Waals surface area contributed by atoms with Gasteiger partial charge in [-0.15, -0.1) is 0 Å². The van der Waals surface area contributed by atoms with E-state index in [4.69, 9.17) is 5.73 Å². The molecular formula is C13H22N2O3S. The molecule has 5 atom stereocenters. The van der Waals surface area contributed by atoms with E-state index in [0.29, 0.717) is 12.3 Å². The van der Waals surface area contributed by atoms with Gasteiger partial charge in [0.1, 0.15) is 0 Å². The molecule has 0 aromatic rings. The number of thioether (sulfide) groups is 1. The van der Waals surface area contributed by atoms with E-state index in [2.05, 4.69) is 5.32 Å².